The molecule has 2 fully saturated rings. The second kappa shape index (κ2) is 9.58. The first-order valence-electron chi connectivity index (χ1n) is 11.9. The highest BCUT2D eigenvalue weighted by Gasteiger charge is 2.41. The molecule has 3 aliphatic heterocycles. The lowest BCUT2D eigenvalue weighted by Crippen LogP contribution is -2.52. The number of hydrogen-bond acceptors (Lipinski definition) is 6. The summed E-state index contributed by atoms with van der Waals surface area (Å²) in [4.78, 5) is 17.2. The standard InChI is InChI=1S/C24H33N5O3/c30-23(9-14-27-12-5-2-6-13-27)28-15-10-24(11-16-28)19-29-22(18-32-24)21(25-26-29)17-31-20-7-3-1-4-8-20/h1,3-4,7-8H,2,5-6,9-19H2. The maximum Gasteiger partial charge on any atom is 0.223 e. The van der Waals surface area contributed by atoms with Gasteiger partial charge in [-0.15, -0.1) is 5.10 Å². The Bertz CT molecular complexity index is 902. The largest absolute Gasteiger partial charge is 0.487 e. The number of piperidine rings is 2. The van der Waals surface area contributed by atoms with Gasteiger partial charge in [0.1, 0.15) is 18.1 Å². The predicted octanol–water partition coefficient (Wildman–Crippen LogP) is 2.62. The first kappa shape index (κ1) is 21.4. The summed E-state index contributed by atoms with van der Waals surface area (Å²) < 4.78 is 14.2. The maximum absolute atomic E-state index is 12.7. The fourth-order valence-electron chi connectivity index (χ4n) is 5.04. The second-order valence-corrected chi connectivity index (χ2v) is 9.25. The zero-order valence-electron chi connectivity index (χ0n) is 18.7. The van der Waals surface area contributed by atoms with E-state index in [0.717, 1.165) is 62.7 Å². The third-order valence-corrected chi connectivity index (χ3v) is 7.11. The average molecular weight is 440 g/mol. The lowest BCUT2D eigenvalue weighted by Gasteiger charge is -2.43. The molecule has 1 aromatic carbocycles. The van der Waals surface area contributed by atoms with Crippen molar-refractivity contribution in [3.8, 4) is 5.75 Å². The predicted molar refractivity (Wildman–Crippen MR) is 119 cm³/mol. The van der Waals surface area contributed by atoms with E-state index in [1.165, 1.54) is 19.3 Å². The third kappa shape index (κ3) is 4.81. The van der Waals surface area contributed by atoms with Gasteiger partial charge in [-0.1, -0.05) is 29.8 Å². The van der Waals surface area contributed by atoms with Crippen molar-refractivity contribution in [2.24, 2.45) is 0 Å². The van der Waals surface area contributed by atoms with Crippen LogP contribution in [0.15, 0.2) is 30.3 Å². The van der Waals surface area contributed by atoms with E-state index in [4.69, 9.17) is 9.47 Å². The van der Waals surface area contributed by atoms with Crippen molar-refractivity contribution in [1.82, 2.24) is 24.8 Å². The number of benzene rings is 1. The molecule has 0 atom stereocenters. The number of amides is 1. The summed E-state index contributed by atoms with van der Waals surface area (Å²) in [7, 11) is 0. The number of fused-ring (bicyclic) bond motifs is 1. The van der Waals surface area contributed by atoms with Crippen LogP contribution in [0.5, 0.6) is 5.75 Å². The Morgan fingerprint density at radius 2 is 1.84 bits per heavy atom. The molecule has 0 bridgehead atoms. The van der Waals surface area contributed by atoms with Gasteiger partial charge in [-0.05, 0) is 50.9 Å². The molecule has 0 saturated carbocycles. The Balaban J connectivity index is 1.12. The van der Waals surface area contributed by atoms with Gasteiger partial charge in [0.05, 0.1) is 24.4 Å². The van der Waals surface area contributed by atoms with Crippen LogP contribution < -0.4 is 4.74 Å². The molecule has 1 amide bonds. The Morgan fingerprint density at radius 1 is 1.06 bits per heavy atom. The van der Waals surface area contributed by atoms with Crippen molar-refractivity contribution in [1.29, 1.82) is 0 Å². The van der Waals surface area contributed by atoms with E-state index >= 15 is 0 Å². The summed E-state index contributed by atoms with van der Waals surface area (Å²) in [5, 5.41) is 8.72. The van der Waals surface area contributed by atoms with E-state index in [0.29, 0.717) is 26.2 Å². The smallest absolute Gasteiger partial charge is 0.223 e. The minimum Gasteiger partial charge on any atom is -0.487 e. The van der Waals surface area contributed by atoms with Crippen LogP contribution in [0.25, 0.3) is 0 Å². The SMILES string of the molecule is O=C(CCN1CCCCC1)N1CCC2(CC1)Cn1nnc(COc3ccccc3)c1CO2. The lowest BCUT2D eigenvalue weighted by atomic mass is 9.89. The quantitative estimate of drug-likeness (QED) is 0.689. The van der Waals surface area contributed by atoms with Gasteiger partial charge in [0.2, 0.25) is 5.91 Å². The molecule has 3 aliphatic rings. The van der Waals surface area contributed by atoms with Crippen molar-refractivity contribution in [2.75, 3.05) is 32.7 Å². The van der Waals surface area contributed by atoms with E-state index in [9.17, 15) is 4.79 Å². The van der Waals surface area contributed by atoms with Gasteiger partial charge >= 0.3 is 0 Å². The Morgan fingerprint density at radius 3 is 2.62 bits per heavy atom. The highest BCUT2D eigenvalue weighted by molar-refractivity contribution is 5.76. The average Bonchev–Trinajstić information content (AvgIpc) is 3.24. The van der Waals surface area contributed by atoms with Crippen LogP contribution >= 0.6 is 0 Å². The Kier molecular flexibility index (Phi) is 6.41. The van der Waals surface area contributed by atoms with Gasteiger partial charge in [0.25, 0.3) is 0 Å². The van der Waals surface area contributed by atoms with Crippen LogP contribution in [-0.2, 0) is 29.3 Å². The molecule has 8 nitrogen and oxygen atoms in total. The Hall–Kier alpha value is -2.45. The number of likely N-dealkylation sites (tertiary alicyclic amines) is 2. The van der Waals surface area contributed by atoms with Crippen LogP contribution in [0.1, 0.15) is 49.9 Å². The van der Waals surface area contributed by atoms with E-state index < -0.39 is 0 Å². The monoisotopic (exact) mass is 439 g/mol. The minimum absolute atomic E-state index is 0.248. The van der Waals surface area contributed by atoms with Crippen LogP contribution in [0.2, 0.25) is 0 Å². The van der Waals surface area contributed by atoms with Gasteiger partial charge in [0, 0.05) is 26.1 Å². The molecule has 0 radical (unpaired) electrons. The molecule has 2 aromatic rings. The van der Waals surface area contributed by atoms with Crippen molar-refractivity contribution in [3.63, 3.8) is 0 Å². The van der Waals surface area contributed by atoms with Crippen molar-refractivity contribution < 1.29 is 14.3 Å². The first-order chi connectivity index (χ1) is 15.7. The molecular weight excluding hydrogens is 406 g/mol. The van der Waals surface area contributed by atoms with Gasteiger partial charge in [-0.2, -0.15) is 0 Å². The molecule has 0 aliphatic carbocycles. The number of hydrogen-bond donors (Lipinski definition) is 0. The summed E-state index contributed by atoms with van der Waals surface area (Å²) in [6.45, 7) is 6.26. The van der Waals surface area contributed by atoms with Gasteiger partial charge in [0.15, 0.2) is 0 Å². The lowest BCUT2D eigenvalue weighted by molar-refractivity contribution is -0.146. The number of carbonyl (C=O) groups excluding carboxylic acids is 1. The van der Waals surface area contributed by atoms with E-state index in [1.807, 2.05) is 39.9 Å². The molecule has 0 unspecified atom stereocenters. The molecule has 0 N–H and O–H groups in total. The van der Waals surface area contributed by atoms with Crippen molar-refractivity contribution in [2.45, 2.75) is 63.9 Å². The van der Waals surface area contributed by atoms with Crippen LogP contribution in [0, 0.1) is 0 Å². The van der Waals surface area contributed by atoms with E-state index in [1.54, 1.807) is 0 Å². The zero-order chi connectivity index (χ0) is 21.8. The number of para-hydroxylation sites is 1. The molecular formula is C24H33N5O3. The summed E-state index contributed by atoms with van der Waals surface area (Å²) in [5.41, 5.74) is 1.57. The number of aromatic nitrogens is 3. The second-order valence-electron chi connectivity index (χ2n) is 9.25. The minimum atomic E-state index is -0.248. The van der Waals surface area contributed by atoms with Crippen LogP contribution in [0.3, 0.4) is 0 Å². The fourth-order valence-corrected chi connectivity index (χ4v) is 5.04. The summed E-state index contributed by atoms with van der Waals surface area (Å²) in [6, 6.07) is 9.74. The van der Waals surface area contributed by atoms with Gasteiger partial charge < -0.3 is 19.3 Å². The van der Waals surface area contributed by atoms with E-state index in [2.05, 4.69) is 15.2 Å². The Labute approximate surface area is 189 Å². The normalized spacial score (nSPS) is 20.8. The molecule has 4 heterocycles. The summed E-state index contributed by atoms with van der Waals surface area (Å²) >= 11 is 0. The molecule has 5 rings (SSSR count). The third-order valence-electron chi connectivity index (χ3n) is 7.11. The molecule has 172 valence electrons. The topological polar surface area (TPSA) is 72.7 Å². The molecule has 8 heteroatoms. The molecule has 2 saturated heterocycles. The van der Waals surface area contributed by atoms with E-state index in [-0.39, 0.29) is 11.5 Å². The van der Waals surface area contributed by atoms with Crippen LogP contribution in [0.4, 0.5) is 0 Å². The number of rotatable bonds is 6. The molecule has 1 spiro atoms. The molecule has 32 heavy (non-hydrogen) atoms. The zero-order valence-corrected chi connectivity index (χ0v) is 18.7. The molecule has 1 aromatic heterocycles. The van der Waals surface area contributed by atoms with Crippen LogP contribution in [-0.4, -0.2) is 69.0 Å². The van der Waals surface area contributed by atoms with Crippen molar-refractivity contribution in [3.05, 3.63) is 41.7 Å². The first-order valence-corrected chi connectivity index (χ1v) is 11.9. The summed E-state index contributed by atoms with van der Waals surface area (Å²) in [5.74, 6) is 1.10. The highest BCUT2D eigenvalue weighted by atomic mass is 16.5. The number of nitrogens with zero attached hydrogens (tertiary/aromatic N) is 5. The summed E-state index contributed by atoms with van der Waals surface area (Å²) in [6.07, 6.45) is 6.18. The maximum atomic E-state index is 12.7. The number of carbonyl (C=O) groups is 1. The van der Waals surface area contributed by atoms with Gasteiger partial charge in [-0.25, -0.2) is 4.68 Å². The fraction of sp³-hybridized carbons (Fsp3) is 0.625. The van der Waals surface area contributed by atoms with Gasteiger partial charge in [-0.3, -0.25) is 4.79 Å². The van der Waals surface area contributed by atoms with Crippen molar-refractivity contribution >= 4 is 5.91 Å². The number of ether oxygens (including phenoxy) is 2. The highest BCUT2D eigenvalue weighted by Crippen LogP contribution is 2.33.